The molecule has 0 saturated heterocycles. The Labute approximate surface area is 175 Å². The highest BCUT2D eigenvalue weighted by Gasteiger charge is 2.34. The van der Waals surface area contributed by atoms with Crippen LogP contribution in [0, 0.1) is 5.92 Å². The summed E-state index contributed by atoms with van der Waals surface area (Å²) >= 11 is 5.99. The summed E-state index contributed by atoms with van der Waals surface area (Å²) in [5.74, 6) is 1.03. The zero-order valence-corrected chi connectivity index (χ0v) is 17.0. The molecule has 4 rings (SSSR count). The Morgan fingerprint density at radius 1 is 0.966 bits per heavy atom. The van der Waals surface area contributed by atoms with Crippen molar-refractivity contribution in [3.8, 4) is 0 Å². The summed E-state index contributed by atoms with van der Waals surface area (Å²) in [6.45, 7) is -0.0101. The van der Waals surface area contributed by atoms with Gasteiger partial charge in [0.15, 0.2) is 5.78 Å². The van der Waals surface area contributed by atoms with E-state index >= 15 is 0 Å². The van der Waals surface area contributed by atoms with Gasteiger partial charge in [0.2, 0.25) is 0 Å². The first-order valence-corrected chi connectivity index (χ1v) is 10.6. The number of pyridine rings is 1. The van der Waals surface area contributed by atoms with E-state index in [4.69, 9.17) is 22.1 Å². The second-order valence-corrected chi connectivity index (χ2v) is 8.52. The Bertz CT molecular complexity index is 901. The Morgan fingerprint density at radius 2 is 1.62 bits per heavy atom. The van der Waals surface area contributed by atoms with Crippen LogP contribution in [-0.4, -0.2) is 16.9 Å². The zero-order chi connectivity index (χ0) is 20.4. The van der Waals surface area contributed by atoms with Crippen LogP contribution >= 0.6 is 11.6 Å². The fourth-order valence-corrected chi connectivity index (χ4v) is 4.40. The minimum absolute atomic E-state index is 0.00383. The molecule has 1 amide bonds. The Morgan fingerprint density at radius 3 is 2.24 bits per heavy atom. The molecule has 2 aromatic rings. The van der Waals surface area contributed by atoms with Crippen LogP contribution < -0.4 is 5.73 Å². The predicted molar refractivity (Wildman–Crippen MR) is 111 cm³/mol. The molecular weight excluding hydrogens is 388 g/mol. The number of hydrogen-bond acceptors (Lipinski definition) is 4. The van der Waals surface area contributed by atoms with Crippen molar-refractivity contribution in [3.63, 3.8) is 0 Å². The van der Waals surface area contributed by atoms with Gasteiger partial charge < -0.3 is 10.5 Å². The van der Waals surface area contributed by atoms with Gasteiger partial charge in [0.25, 0.3) is 0 Å². The van der Waals surface area contributed by atoms with E-state index in [2.05, 4.69) is 17.1 Å². The summed E-state index contributed by atoms with van der Waals surface area (Å²) < 4.78 is 4.85. The number of ether oxygens (including phenoxy) is 1. The van der Waals surface area contributed by atoms with Crippen molar-refractivity contribution in [2.75, 3.05) is 0 Å². The molecule has 2 aliphatic carbocycles. The third-order valence-corrected chi connectivity index (χ3v) is 6.29. The van der Waals surface area contributed by atoms with E-state index < -0.39 is 6.09 Å². The lowest BCUT2D eigenvalue weighted by molar-refractivity contribution is 0.0876. The number of benzene rings is 1. The lowest BCUT2D eigenvalue weighted by Crippen LogP contribution is -2.23. The lowest BCUT2D eigenvalue weighted by atomic mass is 9.76. The van der Waals surface area contributed by atoms with Gasteiger partial charge in [0, 0.05) is 10.9 Å². The van der Waals surface area contributed by atoms with Crippen molar-refractivity contribution in [1.29, 1.82) is 0 Å². The summed E-state index contributed by atoms with van der Waals surface area (Å²) in [4.78, 5) is 28.8. The fourth-order valence-electron chi connectivity index (χ4n) is 4.27. The van der Waals surface area contributed by atoms with Crippen molar-refractivity contribution >= 4 is 23.5 Å². The van der Waals surface area contributed by atoms with E-state index in [0.717, 1.165) is 49.1 Å². The van der Waals surface area contributed by atoms with Gasteiger partial charge in [-0.25, -0.2) is 9.78 Å². The SMILES string of the molecule is NC(=O)OCc1ccc(C2CC2)c(C(=O)C2CCC(c3ccc(Cl)cc3)CC2)n1. The van der Waals surface area contributed by atoms with Gasteiger partial charge >= 0.3 is 6.09 Å². The minimum Gasteiger partial charge on any atom is -0.443 e. The number of ketones is 1. The maximum Gasteiger partial charge on any atom is 0.404 e. The highest BCUT2D eigenvalue weighted by Crippen LogP contribution is 2.43. The van der Waals surface area contributed by atoms with Gasteiger partial charge in [-0.3, -0.25) is 4.79 Å². The number of rotatable bonds is 6. The van der Waals surface area contributed by atoms with Gasteiger partial charge in [0.1, 0.15) is 12.3 Å². The molecule has 0 radical (unpaired) electrons. The smallest absolute Gasteiger partial charge is 0.404 e. The van der Waals surface area contributed by atoms with Gasteiger partial charge in [0.05, 0.1) is 5.69 Å². The standard InChI is InChI=1S/C23H25ClN2O3/c24-18-9-7-15(8-10-18)14-1-5-17(6-2-14)22(27)21-20(16-3-4-16)12-11-19(26-21)13-29-23(25)28/h7-12,14,16-17H,1-6,13H2,(H2,25,28). The van der Waals surface area contributed by atoms with Gasteiger partial charge in [-0.05, 0) is 79.7 Å². The molecule has 5 nitrogen and oxygen atoms in total. The largest absolute Gasteiger partial charge is 0.443 e. The molecule has 2 N–H and O–H groups in total. The summed E-state index contributed by atoms with van der Waals surface area (Å²) in [5, 5.41) is 0.747. The highest BCUT2D eigenvalue weighted by molar-refractivity contribution is 6.30. The second kappa shape index (κ2) is 8.54. The molecule has 0 bridgehead atoms. The van der Waals surface area contributed by atoms with Crippen molar-refractivity contribution in [1.82, 2.24) is 4.98 Å². The molecular formula is C23H25ClN2O3. The van der Waals surface area contributed by atoms with Crippen molar-refractivity contribution in [2.45, 2.75) is 57.0 Å². The van der Waals surface area contributed by atoms with E-state index in [1.165, 1.54) is 5.56 Å². The number of nitrogens with two attached hydrogens (primary N) is 1. The minimum atomic E-state index is -0.841. The first kappa shape index (κ1) is 19.9. The van der Waals surface area contributed by atoms with Crippen LogP contribution in [0.3, 0.4) is 0 Å². The van der Waals surface area contributed by atoms with Crippen LogP contribution in [0.2, 0.25) is 5.02 Å². The topological polar surface area (TPSA) is 82.3 Å². The molecule has 2 saturated carbocycles. The number of primary amides is 1. The molecule has 0 unspecified atom stereocenters. The van der Waals surface area contributed by atoms with Crippen molar-refractivity contribution in [2.24, 2.45) is 11.7 Å². The number of Topliss-reactive ketones (excluding diaryl/α,β-unsaturated/α-hetero) is 1. The average Bonchev–Trinajstić information content (AvgIpc) is 3.57. The lowest BCUT2D eigenvalue weighted by Gasteiger charge is -2.28. The van der Waals surface area contributed by atoms with Gasteiger partial charge in [-0.15, -0.1) is 0 Å². The van der Waals surface area contributed by atoms with Crippen LogP contribution in [0.4, 0.5) is 4.79 Å². The van der Waals surface area contributed by atoms with E-state index in [1.54, 1.807) is 0 Å². The van der Waals surface area contributed by atoms with E-state index in [1.807, 2.05) is 24.3 Å². The number of carbonyl (C=O) groups is 2. The van der Waals surface area contributed by atoms with Crippen LogP contribution in [-0.2, 0) is 11.3 Å². The summed E-state index contributed by atoms with van der Waals surface area (Å²) in [6.07, 6.45) is 5.05. The number of carbonyl (C=O) groups excluding carboxylic acids is 2. The maximum absolute atomic E-state index is 13.3. The van der Waals surface area contributed by atoms with Crippen LogP contribution in [0.25, 0.3) is 0 Å². The molecule has 29 heavy (non-hydrogen) atoms. The molecule has 0 atom stereocenters. The Kier molecular flexibility index (Phi) is 5.86. The number of amides is 1. The first-order chi connectivity index (χ1) is 14.0. The molecule has 0 aliphatic heterocycles. The number of hydrogen-bond donors (Lipinski definition) is 1. The molecule has 0 spiro atoms. The normalized spacial score (nSPS) is 21.6. The van der Waals surface area contributed by atoms with Crippen molar-refractivity contribution < 1.29 is 14.3 Å². The molecule has 1 aromatic carbocycles. The first-order valence-electron chi connectivity index (χ1n) is 10.2. The summed E-state index contributed by atoms with van der Waals surface area (Å²) in [7, 11) is 0. The third kappa shape index (κ3) is 4.78. The van der Waals surface area contributed by atoms with Crippen LogP contribution in [0.1, 0.15) is 77.7 Å². The fraction of sp³-hybridized carbons (Fsp3) is 0.435. The number of halogens is 1. The molecule has 2 aliphatic rings. The van der Waals surface area contributed by atoms with E-state index in [0.29, 0.717) is 23.2 Å². The van der Waals surface area contributed by atoms with E-state index in [-0.39, 0.29) is 18.3 Å². The van der Waals surface area contributed by atoms with Gasteiger partial charge in [-0.2, -0.15) is 0 Å². The summed E-state index contributed by atoms with van der Waals surface area (Å²) in [5.41, 5.74) is 8.51. The van der Waals surface area contributed by atoms with Crippen LogP contribution in [0.15, 0.2) is 36.4 Å². The van der Waals surface area contributed by atoms with E-state index in [9.17, 15) is 9.59 Å². The zero-order valence-electron chi connectivity index (χ0n) is 16.3. The highest BCUT2D eigenvalue weighted by atomic mass is 35.5. The molecule has 6 heteroatoms. The number of nitrogens with zero attached hydrogens (tertiary/aromatic N) is 1. The molecule has 1 aromatic heterocycles. The van der Waals surface area contributed by atoms with Crippen LogP contribution in [0.5, 0.6) is 0 Å². The third-order valence-electron chi connectivity index (χ3n) is 6.04. The van der Waals surface area contributed by atoms with Gasteiger partial charge in [-0.1, -0.05) is 29.8 Å². The average molecular weight is 413 g/mol. The number of aromatic nitrogens is 1. The Balaban J connectivity index is 1.46. The molecule has 1 heterocycles. The maximum atomic E-state index is 13.3. The molecule has 2 fully saturated rings. The molecule has 152 valence electrons. The monoisotopic (exact) mass is 412 g/mol. The summed E-state index contributed by atoms with van der Waals surface area (Å²) in [6, 6.07) is 11.8. The quantitative estimate of drug-likeness (QED) is 0.647. The van der Waals surface area contributed by atoms with Crippen molar-refractivity contribution in [3.05, 3.63) is 63.9 Å². The predicted octanol–water partition coefficient (Wildman–Crippen LogP) is 5.36. The second-order valence-electron chi connectivity index (χ2n) is 8.09. The Hall–Kier alpha value is -2.40.